The maximum Gasteiger partial charge on any atom is 0.245 e. The van der Waals surface area contributed by atoms with Crippen molar-refractivity contribution in [3.05, 3.63) is 0 Å². The van der Waals surface area contributed by atoms with Gasteiger partial charge >= 0.3 is 0 Å². The Labute approximate surface area is 163 Å². The number of thioether (sulfide) groups is 1. The zero-order valence-electron chi connectivity index (χ0n) is 15.8. The summed E-state index contributed by atoms with van der Waals surface area (Å²) in [4.78, 5) is 14.2. The van der Waals surface area contributed by atoms with Crippen LogP contribution in [0, 0.1) is 0 Å². The minimum atomic E-state index is 0.439. The summed E-state index contributed by atoms with van der Waals surface area (Å²) in [5, 5.41) is 11.1. The first-order valence-corrected chi connectivity index (χ1v) is 10.8. The molecule has 2 aliphatic rings. The van der Waals surface area contributed by atoms with Gasteiger partial charge in [-0.05, 0) is 29.6 Å². The Morgan fingerprint density at radius 1 is 1.11 bits per heavy atom. The van der Waals surface area contributed by atoms with E-state index in [-0.39, 0.29) is 0 Å². The van der Waals surface area contributed by atoms with Crippen molar-refractivity contribution in [2.45, 2.75) is 25.3 Å². The monoisotopic (exact) mass is 393 g/mol. The molecular formula is C17H27N7O2S. The number of fused-ring (bicyclic) bond motifs is 1. The standard InChI is InChI=1S/C17H27N7O2S/c1-25-10-2-5-18-16-17(20-15-14(19-16)21-26-22-15)24-6-3-13(4-7-24)23-8-11-27-12-9-23/h13H,2-12H2,1H3,(H,18,19,21). The SMILES string of the molecule is COCCCNc1nc2nonc2nc1N1CCC(N2CCSCC2)CC1. The van der Waals surface area contributed by atoms with Gasteiger partial charge in [0.25, 0.3) is 0 Å². The summed E-state index contributed by atoms with van der Waals surface area (Å²) in [5.74, 6) is 4.12. The Morgan fingerprint density at radius 3 is 2.59 bits per heavy atom. The number of nitrogens with zero attached hydrogens (tertiary/aromatic N) is 6. The molecule has 0 radical (unpaired) electrons. The van der Waals surface area contributed by atoms with Crippen LogP contribution < -0.4 is 10.2 Å². The molecule has 9 nitrogen and oxygen atoms in total. The summed E-state index contributed by atoms with van der Waals surface area (Å²) in [7, 11) is 1.71. The highest BCUT2D eigenvalue weighted by molar-refractivity contribution is 7.99. The molecule has 0 unspecified atom stereocenters. The summed E-state index contributed by atoms with van der Waals surface area (Å²) >= 11 is 2.07. The van der Waals surface area contributed by atoms with Crippen molar-refractivity contribution in [3.8, 4) is 0 Å². The van der Waals surface area contributed by atoms with Gasteiger partial charge in [-0.2, -0.15) is 11.8 Å². The van der Waals surface area contributed by atoms with Crippen LogP contribution in [0.15, 0.2) is 4.63 Å². The second-order valence-corrected chi connectivity index (χ2v) is 8.17. The maximum atomic E-state index is 5.12. The number of hydrogen-bond acceptors (Lipinski definition) is 10. The third kappa shape index (κ3) is 4.44. The first kappa shape index (κ1) is 18.7. The van der Waals surface area contributed by atoms with E-state index in [4.69, 9.17) is 9.37 Å². The Bertz CT molecular complexity index is 729. The van der Waals surface area contributed by atoms with Crippen LogP contribution in [0.4, 0.5) is 11.6 Å². The molecule has 27 heavy (non-hydrogen) atoms. The first-order chi connectivity index (χ1) is 13.3. The van der Waals surface area contributed by atoms with Crippen molar-refractivity contribution in [3.63, 3.8) is 0 Å². The molecule has 4 rings (SSSR count). The number of methoxy groups -OCH3 is 1. The van der Waals surface area contributed by atoms with Gasteiger partial charge in [0, 0.05) is 64.0 Å². The summed E-state index contributed by atoms with van der Waals surface area (Å²) < 4.78 is 9.93. The molecule has 1 N–H and O–H groups in total. The van der Waals surface area contributed by atoms with E-state index in [0.717, 1.165) is 50.5 Å². The van der Waals surface area contributed by atoms with E-state index in [0.29, 0.717) is 23.9 Å². The first-order valence-electron chi connectivity index (χ1n) is 9.65. The van der Waals surface area contributed by atoms with Crippen molar-refractivity contribution in [2.24, 2.45) is 0 Å². The van der Waals surface area contributed by atoms with Crippen molar-refractivity contribution < 1.29 is 9.37 Å². The smallest absolute Gasteiger partial charge is 0.245 e. The predicted octanol–water partition coefficient (Wildman–Crippen LogP) is 1.48. The van der Waals surface area contributed by atoms with Gasteiger partial charge in [0.05, 0.1) is 0 Å². The van der Waals surface area contributed by atoms with Crippen LogP contribution in [0.25, 0.3) is 11.3 Å². The molecule has 0 atom stereocenters. The minimum Gasteiger partial charge on any atom is -0.385 e. The zero-order valence-corrected chi connectivity index (χ0v) is 16.6. The van der Waals surface area contributed by atoms with E-state index in [1.807, 2.05) is 0 Å². The fourth-order valence-corrected chi connectivity index (χ4v) is 4.71. The van der Waals surface area contributed by atoms with Crippen LogP contribution in [-0.4, -0.2) is 89.2 Å². The molecule has 2 aromatic heterocycles. The molecule has 0 amide bonds. The van der Waals surface area contributed by atoms with Gasteiger partial charge < -0.3 is 15.0 Å². The largest absolute Gasteiger partial charge is 0.385 e. The molecule has 2 saturated heterocycles. The second-order valence-electron chi connectivity index (χ2n) is 6.95. The molecule has 10 heteroatoms. The van der Waals surface area contributed by atoms with E-state index >= 15 is 0 Å². The number of anilines is 2. The van der Waals surface area contributed by atoms with Gasteiger partial charge in [0.15, 0.2) is 11.6 Å². The third-order valence-electron chi connectivity index (χ3n) is 5.24. The van der Waals surface area contributed by atoms with E-state index in [1.165, 1.54) is 24.6 Å². The highest BCUT2D eigenvalue weighted by atomic mass is 32.2. The van der Waals surface area contributed by atoms with Crippen molar-refractivity contribution in [1.82, 2.24) is 25.2 Å². The summed E-state index contributed by atoms with van der Waals surface area (Å²) in [6.07, 6.45) is 3.22. The normalized spacial score (nSPS) is 19.7. The number of nitrogens with one attached hydrogen (secondary N) is 1. The molecule has 0 saturated carbocycles. The lowest BCUT2D eigenvalue weighted by Gasteiger charge is -2.40. The minimum absolute atomic E-state index is 0.439. The molecule has 0 aliphatic carbocycles. The zero-order chi connectivity index (χ0) is 18.5. The maximum absolute atomic E-state index is 5.12. The van der Waals surface area contributed by atoms with Crippen LogP contribution in [0.3, 0.4) is 0 Å². The molecule has 4 heterocycles. The van der Waals surface area contributed by atoms with E-state index in [9.17, 15) is 0 Å². The van der Waals surface area contributed by atoms with Gasteiger partial charge in [-0.3, -0.25) is 4.90 Å². The van der Waals surface area contributed by atoms with Crippen LogP contribution in [0.2, 0.25) is 0 Å². The Kier molecular flexibility index (Phi) is 6.25. The van der Waals surface area contributed by atoms with Crippen LogP contribution in [0.5, 0.6) is 0 Å². The number of hydrogen-bond donors (Lipinski definition) is 1. The second kappa shape index (κ2) is 9.03. The average Bonchev–Trinajstić information content (AvgIpc) is 3.19. The van der Waals surface area contributed by atoms with Crippen molar-refractivity contribution in [2.75, 3.05) is 68.2 Å². The van der Waals surface area contributed by atoms with Gasteiger partial charge in [-0.15, -0.1) is 0 Å². The highest BCUT2D eigenvalue weighted by Gasteiger charge is 2.28. The van der Waals surface area contributed by atoms with Crippen molar-refractivity contribution in [1.29, 1.82) is 0 Å². The average molecular weight is 394 g/mol. The molecule has 2 aliphatic heterocycles. The fraction of sp³-hybridized carbons (Fsp3) is 0.765. The number of rotatable bonds is 7. The molecule has 0 spiro atoms. The quantitative estimate of drug-likeness (QED) is 0.697. The Balaban J connectivity index is 1.45. The molecular weight excluding hydrogens is 366 g/mol. The third-order valence-corrected chi connectivity index (χ3v) is 6.18. The number of piperidine rings is 1. The summed E-state index contributed by atoms with van der Waals surface area (Å²) in [5.41, 5.74) is 0.899. The van der Waals surface area contributed by atoms with Gasteiger partial charge in [-0.25, -0.2) is 14.6 Å². The molecule has 148 valence electrons. The topological polar surface area (TPSA) is 92.4 Å². The molecule has 0 aromatic carbocycles. The number of ether oxygens (including phenoxy) is 1. The Hall–Kier alpha value is -1.65. The van der Waals surface area contributed by atoms with Crippen LogP contribution in [-0.2, 0) is 4.74 Å². The lowest BCUT2D eigenvalue weighted by molar-refractivity contribution is 0.185. The van der Waals surface area contributed by atoms with Crippen molar-refractivity contribution >= 4 is 34.7 Å². The van der Waals surface area contributed by atoms with Crippen LogP contribution >= 0.6 is 11.8 Å². The molecule has 2 aromatic rings. The van der Waals surface area contributed by atoms with E-state index in [1.54, 1.807) is 7.11 Å². The van der Waals surface area contributed by atoms with E-state index in [2.05, 4.69) is 47.2 Å². The van der Waals surface area contributed by atoms with Gasteiger partial charge in [0.1, 0.15) is 0 Å². The lowest BCUT2D eigenvalue weighted by Crippen LogP contribution is -2.48. The Morgan fingerprint density at radius 2 is 1.85 bits per heavy atom. The highest BCUT2D eigenvalue weighted by Crippen LogP contribution is 2.28. The lowest BCUT2D eigenvalue weighted by atomic mass is 10.0. The van der Waals surface area contributed by atoms with E-state index < -0.39 is 0 Å². The molecule has 0 bridgehead atoms. The van der Waals surface area contributed by atoms with Gasteiger partial charge in [0.2, 0.25) is 11.3 Å². The number of aromatic nitrogens is 4. The van der Waals surface area contributed by atoms with Crippen LogP contribution in [0.1, 0.15) is 19.3 Å². The summed E-state index contributed by atoms with van der Waals surface area (Å²) in [6.45, 7) is 5.88. The summed E-state index contributed by atoms with van der Waals surface area (Å²) in [6, 6.07) is 0.686. The molecule has 2 fully saturated rings. The fourth-order valence-electron chi connectivity index (χ4n) is 3.78. The van der Waals surface area contributed by atoms with Gasteiger partial charge in [-0.1, -0.05) is 0 Å². The predicted molar refractivity (Wildman–Crippen MR) is 107 cm³/mol.